The van der Waals surface area contributed by atoms with Gasteiger partial charge in [0.25, 0.3) is 0 Å². The minimum atomic E-state index is -0.560. The fourth-order valence-corrected chi connectivity index (χ4v) is 2.35. The fourth-order valence-electron chi connectivity index (χ4n) is 2.35. The molecule has 20 heavy (non-hydrogen) atoms. The molecule has 0 aliphatic carbocycles. The van der Waals surface area contributed by atoms with Crippen molar-refractivity contribution in [1.29, 1.82) is 5.26 Å². The molecule has 0 radical (unpaired) electrons. The molecule has 1 N–H and O–H groups in total. The third-order valence-corrected chi connectivity index (χ3v) is 3.57. The van der Waals surface area contributed by atoms with Crippen molar-refractivity contribution < 1.29 is 0 Å². The molecule has 2 heteroatoms. The normalized spacial score (nSPS) is 13.2. The minimum absolute atomic E-state index is 0.560. The fraction of sp³-hybridized carbons (Fsp3) is 0.278. The van der Waals surface area contributed by atoms with Gasteiger partial charge in [0.1, 0.15) is 5.54 Å². The number of nitrogens with one attached hydrogen (secondary N) is 1. The van der Waals surface area contributed by atoms with Crippen LogP contribution in [0.4, 0.5) is 5.69 Å². The molecule has 0 saturated heterocycles. The summed E-state index contributed by atoms with van der Waals surface area (Å²) >= 11 is 0. The average molecular weight is 264 g/mol. The Hall–Kier alpha value is -2.27. The van der Waals surface area contributed by atoms with Gasteiger partial charge in [-0.15, -0.1) is 0 Å². The molecule has 0 saturated carbocycles. The van der Waals surface area contributed by atoms with E-state index in [4.69, 9.17) is 0 Å². The number of anilines is 1. The molecule has 0 amide bonds. The first kappa shape index (κ1) is 14.1. The molecule has 0 bridgehead atoms. The zero-order valence-corrected chi connectivity index (χ0v) is 12.1. The Labute approximate surface area is 121 Å². The Kier molecular flexibility index (Phi) is 4.42. The largest absolute Gasteiger partial charge is 0.367 e. The summed E-state index contributed by atoms with van der Waals surface area (Å²) in [5.74, 6) is 0. The predicted octanol–water partition coefficient (Wildman–Crippen LogP) is 4.32. The van der Waals surface area contributed by atoms with Gasteiger partial charge in [0, 0.05) is 12.1 Å². The summed E-state index contributed by atoms with van der Waals surface area (Å²) in [6, 6.07) is 20.8. The van der Waals surface area contributed by atoms with Crippen molar-refractivity contribution in [1.82, 2.24) is 0 Å². The zero-order chi connectivity index (χ0) is 14.4. The first-order valence-corrected chi connectivity index (χ1v) is 6.97. The smallest absolute Gasteiger partial charge is 0.129 e. The zero-order valence-electron chi connectivity index (χ0n) is 12.1. The summed E-state index contributed by atoms with van der Waals surface area (Å²) in [5, 5.41) is 13.1. The molecule has 2 rings (SSSR count). The van der Waals surface area contributed by atoms with E-state index < -0.39 is 5.54 Å². The van der Waals surface area contributed by atoms with Crippen LogP contribution >= 0.6 is 0 Å². The lowest BCUT2D eigenvalue weighted by Gasteiger charge is -2.28. The number of nitriles is 1. The molecule has 0 spiro atoms. The van der Waals surface area contributed by atoms with Crippen LogP contribution in [0.1, 0.15) is 24.5 Å². The van der Waals surface area contributed by atoms with Gasteiger partial charge in [0.2, 0.25) is 0 Å². The molecule has 2 nitrogen and oxygen atoms in total. The van der Waals surface area contributed by atoms with Gasteiger partial charge in [0.05, 0.1) is 6.07 Å². The van der Waals surface area contributed by atoms with Gasteiger partial charge < -0.3 is 5.32 Å². The second-order valence-electron chi connectivity index (χ2n) is 5.20. The van der Waals surface area contributed by atoms with Crippen LogP contribution in [0.2, 0.25) is 0 Å². The Morgan fingerprint density at radius 2 is 1.85 bits per heavy atom. The van der Waals surface area contributed by atoms with Crippen molar-refractivity contribution in [3.63, 3.8) is 0 Å². The highest BCUT2D eigenvalue weighted by Gasteiger charge is 2.28. The topological polar surface area (TPSA) is 35.8 Å². The predicted molar refractivity (Wildman–Crippen MR) is 83.6 cm³/mol. The molecule has 0 heterocycles. The van der Waals surface area contributed by atoms with Crippen LogP contribution in [-0.2, 0) is 6.42 Å². The number of hydrogen-bond acceptors (Lipinski definition) is 2. The van der Waals surface area contributed by atoms with E-state index in [2.05, 4.69) is 49.5 Å². The van der Waals surface area contributed by atoms with Crippen LogP contribution in [0.15, 0.2) is 54.6 Å². The van der Waals surface area contributed by atoms with E-state index in [0.717, 1.165) is 12.1 Å². The number of hydrogen-bond donors (Lipinski definition) is 1. The van der Waals surface area contributed by atoms with Crippen molar-refractivity contribution in [3.8, 4) is 6.07 Å². The molecular weight excluding hydrogens is 244 g/mol. The van der Waals surface area contributed by atoms with Crippen LogP contribution < -0.4 is 5.32 Å². The van der Waals surface area contributed by atoms with Gasteiger partial charge in [0.15, 0.2) is 0 Å². The third-order valence-electron chi connectivity index (χ3n) is 3.57. The Morgan fingerprint density at radius 1 is 1.10 bits per heavy atom. The summed E-state index contributed by atoms with van der Waals surface area (Å²) in [4.78, 5) is 0. The average Bonchev–Trinajstić information content (AvgIpc) is 2.47. The summed E-state index contributed by atoms with van der Waals surface area (Å²) < 4.78 is 0. The first-order valence-electron chi connectivity index (χ1n) is 6.97. The van der Waals surface area contributed by atoms with E-state index in [0.29, 0.717) is 6.42 Å². The molecule has 102 valence electrons. The van der Waals surface area contributed by atoms with E-state index in [1.807, 2.05) is 30.3 Å². The lowest BCUT2D eigenvalue weighted by Crippen LogP contribution is -2.38. The first-order chi connectivity index (χ1) is 9.67. The second-order valence-corrected chi connectivity index (χ2v) is 5.20. The molecule has 0 aliphatic rings. The van der Waals surface area contributed by atoms with Crippen LogP contribution in [-0.4, -0.2) is 5.54 Å². The number of nitrogens with zero attached hydrogens (tertiary/aromatic N) is 1. The SMILES string of the molecule is CCC(C#N)(Cc1ccccc1)Nc1cccc(C)c1. The lowest BCUT2D eigenvalue weighted by atomic mass is 9.89. The van der Waals surface area contributed by atoms with Crippen LogP contribution in [0.3, 0.4) is 0 Å². The number of benzene rings is 2. The maximum absolute atomic E-state index is 9.66. The standard InChI is InChI=1S/C18H20N2/c1-3-18(14-19,13-16-9-5-4-6-10-16)20-17-11-7-8-15(2)12-17/h4-12,20H,3,13H2,1-2H3. The molecule has 1 atom stereocenters. The maximum Gasteiger partial charge on any atom is 0.129 e. The monoisotopic (exact) mass is 264 g/mol. The molecule has 2 aromatic rings. The van der Waals surface area contributed by atoms with E-state index in [-0.39, 0.29) is 0 Å². The van der Waals surface area contributed by atoms with Gasteiger partial charge in [-0.1, -0.05) is 49.4 Å². The van der Waals surface area contributed by atoms with Gasteiger partial charge in [-0.25, -0.2) is 0 Å². The molecule has 1 unspecified atom stereocenters. The molecular formula is C18H20N2. The Bertz CT molecular complexity index is 598. The highest BCUT2D eigenvalue weighted by atomic mass is 15.0. The van der Waals surface area contributed by atoms with E-state index in [1.54, 1.807) is 0 Å². The van der Waals surface area contributed by atoms with Crippen molar-refractivity contribution in [2.45, 2.75) is 32.2 Å². The molecule has 2 aromatic carbocycles. The summed E-state index contributed by atoms with van der Waals surface area (Å²) in [6.45, 7) is 4.11. The van der Waals surface area contributed by atoms with Crippen molar-refractivity contribution >= 4 is 5.69 Å². The number of aryl methyl sites for hydroxylation is 1. The summed E-state index contributed by atoms with van der Waals surface area (Å²) in [6.07, 6.45) is 1.46. The van der Waals surface area contributed by atoms with E-state index >= 15 is 0 Å². The summed E-state index contributed by atoms with van der Waals surface area (Å²) in [7, 11) is 0. The minimum Gasteiger partial charge on any atom is -0.367 e. The van der Waals surface area contributed by atoms with Gasteiger partial charge >= 0.3 is 0 Å². The van der Waals surface area contributed by atoms with Gasteiger partial charge in [-0.2, -0.15) is 5.26 Å². The van der Waals surface area contributed by atoms with Crippen LogP contribution in [0, 0.1) is 18.3 Å². The molecule has 0 fully saturated rings. The van der Waals surface area contributed by atoms with E-state index in [9.17, 15) is 5.26 Å². The highest BCUT2D eigenvalue weighted by Crippen LogP contribution is 2.23. The third kappa shape index (κ3) is 3.39. The van der Waals surface area contributed by atoms with E-state index in [1.165, 1.54) is 11.1 Å². The van der Waals surface area contributed by atoms with Crippen molar-refractivity contribution in [2.24, 2.45) is 0 Å². The quantitative estimate of drug-likeness (QED) is 0.872. The lowest BCUT2D eigenvalue weighted by molar-refractivity contribution is 0.564. The summed E-state index contributed by atoms with van der Waals surface area (Å²) in [5.41, 5.74) is 2.81. The van der Waals surface area contributed by atoms with Gasteiger partial charge in [-0.3, -0.25) is 0 Å². The number of rotatable bonds is 5. The second kappa shape index (κ2) is 6.25. The Balaban J connectivity index is 2.24. The van der Waals surface area contributed by atoms with Gasteiger partial charge in [-0.05, 0) is 36.6 Å². The molecule has 0 aliphatic heterocycles. The van der Waals surface area contributed by atoms with Crippen LogP contribution in [0.25, 0.3) is 0 Å². The van der Waals surface area contributed by atoms with Crippen molar-refractivity contribution in [2.75, 3.05) is 5.32 Å². The Morgan fingerprint density at radius 3 is 2.45 bits per heavy atom. The molecule has 0 aromatic heterocycles. The van der Waals surface area contributed by atoms with Crippen molar-refractivity contribution in [3.05, 3.63) is 65.7 Å². The maximum atomic E-state index is 9.66. The highest BCUT2D eigenvalue weighted by molar-refractivity contribution is 5.50. The van der Waals surface area contributed by atoms with Crippen LogP contribution in [0.5, 0.6) is 0 Å².